The first-order valence-corrected chi connectivity index (χ1v) is 10.4. The minimum absolute atomic E-state index is 0.0483. The summed E-state index contributed by atoms with van der Waals surface area (Å²) in [4.78, 5) is 14.1. The van der Waals surface area contributed by atoms with E-state index in [1.54, 1.807) is 30.3 Å². The number of rotatable bonds is 7. The molecule has 1 N–H and O–H groups in total. The predicted molar refractivity (Wildman–Crippen MR) is 116 cm³/mol. The van der Waals surface area contributed by atoms with Gasteiger partial charge in [0.15, 0.2) is 6.61 Å². The Bertz CT molecular complexity index is 1030. The number of nitrogens with zero attached hydrogens (tertiary/aromatic N) is 3. The molecule has 0 spiro atoms. The summed E-state index contributed by atoms with van der Waals surface area (Å²) in [6, 6.07) is 12.0. The van der Waals surface area contributed by atoms with Crippen LogP contribution in [0.3, 0.4) is 0 Å². The molecule has 8 nitrogen and oxygen atoms in total. The van der Waals surface area contributed by atoms with Gasteiger partial charge in [0.1, 0.15) is 11.6 Å². The van der Waals surface area contributed by atoms with Crippen LogP contribution in [0.25, 0.3) is 11.5 Å². The van der Waals surface area contributed by atoms with Gasteiger partial charge in [0.25, 0.3) is 5.91 Å². The highest BCUT2D eigenvalue weighted by molar-refractivity contribution is 5.77. The molecule has 2 unspecified atom stereocenters. The highest BCUT2D eigenvalue weighted by Gasteiger charge is 2.24. The molecule has 4 rings (SSSR count). The van der Waals surface area contributed by atoms with Gasteiger partial charge in [-0.1, -0.05) is 6.07 Å². The third-order valence-electron chi connectivity index (χ3n) is 5.09. The summed E-state index contributed by atoms with van der Waals surface area (Å²) in [7, 11) is 0. The van der Waals surface area contributed by atoms with Crippen molar-refractivity contribution in [2.45, 2.75) is 32.6 Å². The number of aromatic nitrogens is 2. The van der Waals surface area contributed by atoms with Crippen molar-refractivity contribution in [3.8, 4) is 17.2 Å². The molecule has 0 bridgehead atoms. The molecule has 0 radical (unpaired) electrons. The maximum atomic E-state index is 14.7. The van der Waals surface area contributed by atoms with Crippen LogP contribution in [0, 0.1) is 5.82 Å². The first-order chi connectivity index (χ1) is 15.5. The summed E-state index contributed by atoms with van der Waals surface area (Å²) in [5.74, 6) is 0.333. The normalized spacial score (nSPS) is 18.4. The van der Waals surface area contributed by atoms with Crippen LogP contribution in [0.5, 0.6) is 5.75 Å². The van der Waals surface area contributed by atoms with E-state index in [9.17, 15) is 9.18 Å². The van der Waals surface area contributed by atoms with Crippen molar-refractivity contribution < 1.29 is 23.1 Å². The van der Waals surface area contributed by atoms with E-state index < -0.39 is 0 Å². The second-order valence-electron chi connectivity index (χ2n) is 7.78. The van der Waals surface area contributed by atoms with Crippen LogP contribution < -0.4 is 15.0 Å². The van der Waals surface area contributed by atoms with Gasteiger partial charge in [0.2, 0.25) is 12.3 Å². The van der Waals surface area contributed by atoms with Crippen LogP contribution in [0.1, 0.15) is 19.4 Å². The zero-order chi connectivity index (χ0) is 22.5. The first kappa shape index (κ1) is 21.8. The van der Waals surface area contributed by atoms with Crippen molar-refractivity contribution in [2.24, 2.45) is 0 Å². The predicted octanol–water partition coefficient (Wildman–Crippen LogP) is 3.18. The van der Waals surface area contributed by atoms with Crippen LogP contribution in [-0.4, -0.2) is 48.0 Å². The Kier molecular flexibility index (Phi) is 6.65. The molecule has 0 aliphatic carbocycles. The number of morpholine rings is 1. The lowest BCUT2D eigenvalue weighted by Crippen LogP contribution is -2.45. The van der Waals surface area contributed by atoms with Crippen LogP contribution >= 0.6 is 0 Å². The van der Waals surface area contributed by atoms with E-state index in [4.69, 9.17) is 13.9 Å². The molecule has 2 aromatic carbocycles. The van der Waals surface area contributed by atoms with E-state index >= 15 is 0 Å². The quantitative estimate of drug-likeness (QED) is 0.604. The molecule has 2 heterocycles. The van der Waals surface area contributed by atoms with Gasteiger partial charge in [-0.25, -0.2) is 4.39 Å². The van der Waals surface area contributed by atoms with E-state index in [0.717, 1.165) is 5.56 Å². The number of anilines is 1. The zero-order valence-electron chi connectivity index (χ0n) is 18.0. The van der Waals surface area contributed by atoms with Gasteiger partial charge < -0.3 is 24.1 Å². The number of halogens is 1. The average Bonchev–Trinajstić information content (AvgIpc) is 3.31. The Balaban J connectivity index is 1.26. The molecule has 1 amide bonds. The Morgan fingerprint density at radius 3 is 2.59 bits per heavy atom. The van der Waals surface area contributed by atoms with E-state index in [2.05, 4.69) is 15.5 Å². The van der Waals surface area contributed by atoms with Crippen molar-refractivity contribution in [3.63, 3.8) is 0 Å². The number of hydrogen-bond acceptors (Lipinski definition) is 7. The minimum atomic E-state index is -0.310. The Morgan fingerprint density at radius 1 is 1.19 bits per heavy atom. The lowest BCUT2D eigenvalue weighted by molar-refractivity contribution is -0.123. The van der Waals surface area contributed by atoms with Gasteiger partial charge in [-0.15, -0.1) is 10.2 Å². The monoisotopic (exact) mass is 440 g/mol. The van der Waals surface area contributed by atoms with Gasteiger partial charge in [-0.3, -0.25) is 4.79 Å². The maximum Gasteiger partial charge on any atom is 0.258 e. The van der Waals surface area contributed by atoms with Crippen molar-refractivity contribution in [2.75, 3.05) is 24.6 Å². The number of ether oxygens (including phenoxy) is 2. The molecule has 1 aliphatic heterocycles. The number of carbonyl (C=O) groups excluding carboxylic acids is 1. The van der Waals surface area contributed by atoms with Gasteiger partial charge in [-0.2, -0.15) is 0 Å². The molecule has 1 aliphatic rings. The summed E-state index contributed by atoms with van der Waals surface area (Å²) in [6.07, 6.45) is 1.35. The average molecular weight is 440 g/mol. The fourth-order valence-electron chi connectivity index (χ4n) is 3.68. The molecular formula is C23H25FN4O4. The topological polar surface area (TPSA) is 89.7 Å². The number of carbonyl (C=O) groups is 1. The molecule has 32 heavy (non-hydrogen) atoms. The van der Waals surface area contributed by atoms with Crippen molar-refractivity contribution in [1.29, 1.82) is 0 Å². The molecule has 3 aromatic rings. The van der Waals surface area contributed by atoms with E-state index in [0.29, 0.717) is 36.0 Å². The summed E-state index contributed by atoms with van der Waals surface area (Å²) < 4.78 is 31.0. The lowest BCUT2D eigenvalue weighted by Gasteiger charge is -2.37. The number of hydrogen-bond donors (Lipinski definition) is 1. The second-order valence-corrected chi connectivity index (χ2v) is 7.78. The van der Waals surface area contributed by atoms with Crippen molar-refractivity contribution >= 4 is 11.6 Å². The van der Waals surface area contributed by atoms with Crippen LogP contribution in [0.15, 0.2) is 53.3 Å². The Hall–Kier alpha value is -3.46. The van der Waals surface area contributed by atoms with Crippen LogP contribution in [0.2, 0.25) is 0 Å². The SMILES string of the molecule is CC1CN(c2ccc(CNC(=O)COc3ccc(-c4nnco4)cc3)cc2F)CC(C)O1. The van der Waals surface area contributed by atoms with E-state index in [1.165, 1.54) is 12.5 Å². The fourth-order valence-corrected chi connectivity index (χ4v) is 3.68. The van der Waals surface area contributed by atoms with Gasteiger partial charge >= 0.3 is 0 Å². The largest absolute Gasteiger partial charge is 0.484 e. The number of nitrogens with one attached hydrogen (secondary N) is 1. The molecule has 9 heteroatoms. The van der Waals surface area contributed by atoms with E-state index in [-0.39, 0.29) is 37.1 Å². The summed E-state index contributed by atoms with van der Waals surface area (Å²) in [5.41, 5.74) is 1.98. The standard InChI is InChI=1S/C23H25FN4O4/c1-15-11-28(12-16(2)32-15)21-8-3-17(9-20(21)24)10-25-22(29)13-30-19-6-4-18(5-7-19)23-27-26-14-31-23/h3-9,14-16H,10-13H2,1-2H3,(H,25,29). The highest BCUT2D eigenvalue weighted by Crippen LogP contribution is 2.24. The second kappa shape index (κ2) is 9.78. The zero-order valence-corrected chi connectivity index (χ0v) is 18.0. The molecule has 1 saturated heterocycles. The molecular weight excluding hydrogens is 415 g/mol. The molecule has 2 atom stereocenters. The van der Waals surface area contributed by atoms with Gasteiger partial charge in [0, 0.05) is 25.2 Å². The molecule has 168 valence electrons. The van der Waals surface area contributed by atoms with Crippen LogP contribution in [-0.2, 0) is 16.1 Å². The fraction of sp³-hybridized carbons (Fsp3) is 0.348. The molecule has 1 aromatic heterocycles. The smallest absolute Gasteiger partial charge is 0.258 e. The van der Waals surface area contributed by atoms with E-state index in [1.807, 2.05) is 24.8 Å². The summed E-state index contributed by atoms with van der Waals surface area (Å²) >= 11 is 0. The molecule has 0 saturated carbocycles. The maximum absolute atomic E-state index is 14.7. The van der Waals surface area contributed by atoms with Crippen molar-refractivity contribution in [3.05, 3.63) is 60.2 Å². The van der Waals surface area contributed by atoms with Gasteiger partial charge in [0.05, 0.1) is 17.9 Å². The number of amides is 1. The lowest BCUT2D eigenvalue weighted by atomic mass is 10.1. The summed E-state index contributed by atoms with van der Waals surface area (Å²) in [5, 5.41) is 10.2. The Labute approximate surface area is 185 Å². The highest BCUT2D eigenvalue weighted by atomic mass is 19.1. The van der Waals surface area contributed by atoms with Crippen molar-refractivity contribution in [1.82, 2.24) is 15.5 Å². The number of benzene rings is 2. The third-order valence-corrected chi connectivity index (χ3v) is 5.09. The van der Waals surface area contributed by atoms with Gasteiger partial charge in [-0.05, 0) is 55.8 Å². The third kappa shape index (κ3) is 5.42. The van der Waals surface area contributed by atoms with Crippen LogP contribution in [0.4, 0.5) is 10.1 Å². The molecule has 1 fully saturated rings. The summed E-state index contributed by atoms with van der Waals surface area (Å²) in [6.45, 7) is 5.31. The Morgan fingerprint density at radius 2 is 1.94 bits per heavy atom. The first-order valence-electron chi connectivity index (χ1n) is 10.4. The minimum Gasteiger partial charge on any atom is -0.484 e.